The van der Waals surface area contributed by atoms with E-state index in [0.717, 1.165) is 19.4 Å². The van der Waals surface area contributed by atoms with Crippen molar-refractivity contribution in [3.8, 4) is 0 Å². The van der Waals surface area contributed by atoms with E-state index in [4.69, 9.17) is 17.0 Å². The zero-order chi connectivity index (χ0) is 22.9. The Hall–Kier alpha value is -3.63. The number of thiocarbonyl (C=S) groups is 1. The average molecular weight is 455 g/mol. The minimum absolute atomic E-state index is 0.0515. The molecule has 1 unspecified atom stereocenters. The van der Waals surface area contributed by atoms with Crippen LogP contribution in [0.3, 0.4) is 0 Å². The zero-order valence-corrected chi connectivity index (χ0v) is 17.9. The molecule has 0 radical (unpaired) electrons. The third kappa shape index (κ3) is 6.96. The van der Waals surface area contributed by atoms with E-state index >= 15 is 0 Å². The normalized spacial score (nSPS) is 15.3. The topological polar surface area (TPSA) is 123 Å². The van der Waals surface area contributed by atoms with Crippen LogP contribution in [0, 0.1) is 10.1 Å². The van der Waals surface area contributed by atoms with E-state index in [1.807, 2.05) is 0 Å². The Morgan fingerprint density at radius 3 is 2.78 bits per heavy atom. The maximum absolute atomic E-state index is 12.4. The highest BCUT2D eigenvalue weighted by Crippen LogP contribution is 2.15. The van der Waals surface area contributed by atoms with Gasteiger partial charge >= 0.3 is 0 Å². The Labute approximate surface area is 190 Å². The van der Waals surface area contributed by atoms with Crippen LogP contribution in [0.2, 0.25) is 0 Å². The number of amides is 2. The Bertz CT molecular complexity index is 1050. The van der Waals surface area contributed by atoms with Gasteiger partial charge < -0.3 is 15.4 Å². The highest BCUT2D eigenvalue weighted by atomic mass is 32.1. The number of nitrogens with zero attached hydrogens (tertiary/aromatic N) is 1. The molecule has 3 N–H and O–H groups in total. The molecule has 1 aliphatic rings. The summed E-state index contributed by atoms with van der Waals surface area (Å²) in [5.74, 6) is -0.724. The van der Waals surface area contributed by atoms with Gasteiger partial charge in [0.05, 0.1) is 11.0 Å². The fraction of sp³-hybridized carbons (Fsp3) is 0.227. The summed E-state index contributed by atoms with van der Waals surface area (Å²) < 4.78 is 5.50. The largest absolute Gasteiger partial charge is 0.376 e. The second-order valence-corrected chi connectivity index (χ2v) is 7.46. The molecular weight excluding hydrogens is 432 g/mol. The van der Waals surface area contributed by atoms with Crippen molar-refractivity contribution in [2.75, 3.05) is 18.5 Å². The molecule has 9 nitrogen and oxygen atoms in total. The molecular formula is C22H22N4O5S. The van der Waals surface area contributed by atoms with Crippen LogP contribution in [0.4, 0.5) is 11.4 Å². The van der Waals surface area contributed by atoms with Crippen LogP contribution in [0.1, 0.15) is 28.8 Å². The van der Waals surface area contributed by atoms with Crippen molar-refractivity contribution in [3.63, 3.8) is 0 Å². The van der Waals surface area contributed by atoms with Gasteiger partial charge in [0.1, 0.15) is 0 Å². The molecule has 1 heterocycles. The van der Waals surface area contributed by atoms with Crippen LogP contribution in [0.15, 0.2) is 54.6 Å². The number of hydrogen-bond acceptors (Lipinski definition) is 6. The van der Waals surface area contributed by atoms with E-state index in [0.29, 0.717) is 23.4 Å². The number of carbonyl (C=O) groups excluding carboxylic acids is 2. The maximum Gasteiger partial charge on any atom is 0.270 e. The predicted molar refractivity (Wildman–Crippen MR) is 124 cm³/mol. The molecule has 0 aliphatic carbocycles. The number of anilines is 1. The molecule has 0 spiro atoms. The first-order valence-electron chi connectivity index (χ1n) is 9.95. The number of rotatable bonds is 7. The zero-order valence-electron chi connectivity index (χ0n) is 17.1. The summed E-state index contributed by atoms with van der Waals surface area (Å²) in [7, 11) is 0. The summed E-state index contributed by atoms with van der Waals surface area (Å²) in [4.78, 5) is 34.8. The molecule has 1 fully saturated rings. The molecule has 2 aromatic carbocycles. The fourth-order valence-corrected chi connectivity index (χ4v) is 3.30. The van der Waals surface area contributed by atoms with Gasteiger partial charge in [-0.1, -0.05) is 18.2 Å². The van der Waals surface area contributed by atoms with Gasteiger partial charge in [-0.3, -0.25) is 25.0 Å². The van der Waals surface area contributed by atoms with E-state index in [2.05, 4.69) is 16.0 Å². The Kier molecular flexibility index (Phi) is 8.01. The van der Waals surface area contributed by atoms with Gasteiger partial charge in [-0.05, 0) is 54.9 Å². The van der Waals surface area contributed by atoms with Gasteiger partial charge in [0, 0.05) is 42.6 Å². The smallest absolute Gasteiger partial charge is 0.270 e. The molecule has 2 aromatic rings. The molecule has 32 heavy (non-hydrogen) atoms. The summed E-state index contributed by atoms with van der Waals surface area (Å²) in [5.41, 5.74) is 1.44. The second kappa shape index (κ2) is 11.1. The van der Waals surface area contributed by atoms with Crippen molar-refractivity contribution in [2.45, 2.75) is 18.9 Å². The molecule has 1 aliphatic heterocycles. The molecule has 3 rings (SSSR count). The molecule has 1 saturated heterocycles. The van der Waals surface area contributed by atoms with Crippen molar-refractivity contribution in [1.82, 2.24) is 10.6 Å². The lowest BCUT2D eigenvalue weighted by Crippen LogP contribution is -2.33. The first-order chi connectivity index (χ1) is 15.4. The standard InChI is InChI=1S/C22H22N4O5S/c27-20(10-9-15-4-1-7-18(12-15)26(29)30)25-22(32)24-17-6-2-5-16(13-17)21(28)23-14-19-8-3-11-31-19/h1-2,4-7,9-10,12-13,19H,3,8,11,14H2,(H,23,28)(H2,24,25,27,32)/b10-9+. The number of nitro groups is 1. The summed E-state index contributed by atoms with van der Waals surface area (Å²) in [6.07, 6.45) is 4.67. The molecule has 10 heteroatoms. The first kappa shape index (κ1) is 23.0. The number of ether oxygens (including phenoxy) is 1. The summed E-state index contributed by atoms with van der Waals surface area (Å²) >= 11 is 5.15. The number of nitrogens with one attached hydrogen (secondary N) is 3. The summed E-state index contributed by atoms with van der Waals surface area (Å²) in [6.45, 7) is 1.19. The molecule has 0 aromatic heterocycles. The predicted octanol–water partition coefficient (Wildman–Crippen LogP) is 3.03. The van der Waals surface area contributed by atoms with Crippen molar-refractivity contribution >= 4 is 46.6 Å². The average Bonchev–Trinajstić information content (AvgIpc) is 3.30. The minimum atomic E-state index is -0.507. The Morgan fingerprint density at radius 2 is 2.03 bits per heavy atom. The Balaban J connectivity index is 1.51. The number of nitro benzene ring substituents is 1. The third-order valence-corrected chi connectivity index (χ3v) is 4.85. The lowest BCUT2D eigenvalue weighted by atomic mass is 10.1. The van der Waals surface area contributed by atoms with Crippen LogP contribution >= 0.6 is 12.2 Å². The molecule has 0 bridgehead atoms. The van der Waals surface area contributed by atoms with Crippen LogP contribution in [-0.4, -0.2) is 41.1 Å². The van der Waals surface area contributed by atoms with Crippen LogP contribution < -0.4 is 16.0 Å². The second-order valence-electron chi connectivity index (χ2n) is 7.05. The van der Waals surface area contributed by atoms with E-state index < -0.39 is 10.8 Å². The van der Waals surface area contributed by atoms with Crippen molar-refractivity contribution < 1.29 is 19.2 Å². The maximum atomic E-state index is 12.4. The highest BCUT2D eigenvalue weighted by Gasteiger charge is 2.17. The van der Waals surface area contributed by atoms with E-state index in [1.54, 1.807) is 30.3 Å². The first-order valence-corrected chi connectivity index (χ1v) is 10.4. The number of non-ortho nitro benzene ring substituents is 1. The summed E-state index contributed by atoms with van der Waals surface area (Å²) in [5, 5.41) is 19.1. The summed E-state index contributed by atoms with van der Waals surface area (Å²) in [6, 6.07) is 12.6. The van der Waals surface area contributed by atoms with Crippen molar-refractivity contribution in [1.29, 1.82) is 0 Å². The van der Waals surface area contributed by atoms with Gasteiger partial charge in [-0.15, -0.1) is 0 Å². The van der Waals surface area contributed by atoms with Gasteiger partial charge in [-0.2, -0.15) is 0 Å². The third-order valence-electron chi connectivity index (χ3n) is 4.64. The number of hydrogen-bond donors (Lipinski definition) is 3. The van der Waals surface area contributed by atoms with Gasteiger partial charge in [0.15, 0.2) is 5.11 Å². The van der Waals surface area contributed by atoms with E-state index in [-0.39, 0.29) is 22.8 Å². The Morgan fingerprint density at radius 1 is 1.22 bits per heavy atom. The number of carbonyl (C=O) groups is 2. The van der Waals surface area contributed by atoms with Gasteiger partial charge in [0.2, 0.25) is 5.91 Å². The molecule has 166 valence electrons. The van der Waals surface area contributed by atoms with Gasteiger partial charge in [-0.25, -0.2) is 0 Å². The monoisotopic (exact) mass is 454 g/mol. The molecule has 1 atom stereocenters. The molecule has 0 saturated carbocycles. The number of benzene rings is 2. The molecule has 2 amide bonds. The quantitative estimate of drug-likeness (QED) is 0.254. The van der Waals surface area contributed by atoms with Crippen molar-refractivity contribution in [2.24, 2.45) is 0 Å². The van der Waals surface area contributed by atoms with Crippen LogP contribution in [-0.2, 0) is 9.53 Å². The van der Waals surface area contributed by atoms with Crippen molar-refractivity contribution in [3.05, 3.63) is 75.8 Å². The fourth-order valence-electron chi connectivity index (χ4n) is 3.08. The minimum Gasteiger partial charge on any atom is -0.376 e. The highest BCUT2D eigenvalue weighted by molar-refractivity contribution is 7.80. The van der Waals surface area contributed by atoms with E-state index in [1.165, 1.54) is 30.4 Å². The lowest BCUT2D eigenvalue weighted by Gasteiger charge is -2.12. The van der Waals surface area contributed by atoms with Crippen LogP contribution in [0.5, 0.6) is 0 Å². The van der Waals surface area contributed by atoms with Gasteiger partial charge in [0.25, 0.3) is 11.6 Å². The van der Waals surface area contributed by atoms with Crippen LogP contribution in [0.25, 0.3) is 6.08 Å². The lowest BCUT2D eigenvalue weighted by molar-refractivity contribution is -0.384. The SMILES string of the molecule is O=C(/C=C/c1cccc([N+](=O)[O-])c1)NC(=S)Nc1cccc(C(=O)NCC2CCCO2)c1. The van der Waals surface area contributed by atoms with E-state index in [9.17, 15) is 19.7 Å².